The van der Waals surface area contributed by atoms with Crippen molar-refractivity contribution in [2.75, 3.05) is 13.1 Å². The van der Waals surface area contributed by atoms with Crippen molar-refractivity contribution >= 4 is 35.6 Å². The van der Waals surface area contributed by atoms with Gasteiger partial charge in [-0.15, -0.1) is 0 Å². The Morgan fingerprint density at radius 1 is 0.968 bits per heavy atom. The Balaban J connectivity index is 4.97. The largest absolute Gasteiger partial charge is 0.481 e. The average molecular weight is 445 g/mol. The number of rotatable bonds is 14. The summed E-state index contributed by atoms with van der Waals surface area (Å²) in [5.41, 5.74) is 16.3. The number of aliphatic carboxylic acids is 2. The second kappa shape index (κ2) is 13.7. The van der Waals surface area contributed by atoms with Crippen molar-refractivity contribution in [1.29, 1.82) is 0 Å². The lowest BCUT2D eigenvalue weighted by Crippen LogP contribution is -2.54. The molecule has 3 unspecified atom stereocenters. The number of carboxylic acid groups (broad SMARTS) is 2. The molecule has 0 aromatic rings. The molecule has 0 aromatic heterocycles. The fraction of sp³-hybridized carbons (Fsp3) is 0.647. The van der Waals surface area contributed by atoms with Crippen molar-refractivity contribution in [2.45, 2.75) is 51.2 Å². The summed E-state index contributed by atoms with van der Waals surface area (Å²) < 4.78 is 0. The summed E-state index contributed by atoms with van der Waals surface area (Å²) >= 11 is 0. The number of nitrogens with one attached hydrogen (secondary N) is 3. The Morgan fingerprint density at radius 2 is 1.58 bits per heavy atom. The molecule has 0 saturated carbocycles. The zero-order valence-corrected chi connectivity index (χ0v) is 17.5. The van der Waals surface area contributed by atoms with Gasteiger partial charge < -0.3 is 43.4 Å². The van der Waals surface area contributed by atoms with Crippen molar-refractivity contribution in [1.82, 2.24) is 16.0 Å². The van der Waals surface area contributed by atoms with E-state index in [0.717, 1.165) is 0 Å². The lowest BCUT2D eigenvalue weighted by atomic mass is 10.0. The fourth-order valence-electron chi connectivity index (χ4n) is 2.25. The summed E-state index contributed by atoms with van der Waals surface area (Å²) in [7, 11) is 0. The van der Waals surface area contributed by atoms with Crippen LogP contribution in [0.4, 0.5) is 0 Å². The molecule has 0 aliphatic heterocycles. The molecule has 0 bridgehead atoms. The first kappa shape index (κ1) is 27.6. The van der Waals surface area contributed by atoms with Crippen LogP contribution in [0.1, 0.15) is 33.1 Å². The van der Waals surface area contributed by atoms with E-state index in [2.05, 4.69) is 15.6 Å². The molecule has 0 aromatic carbocycles. The summed E-state index contributed by atoms with van der Waals surface area (Å²) in [6.45, 7) is 3.05. The molecule has 3 atom stereocenters. The number of carboxylic acids is 2. The van der Waals surface area contributed by atoms with Crippen LogP contribution < -0.4 is 33.2 Å². The summed E-state index contributed by atoms with van der Waals surface area (Å²) in [6.07, 6.45) is -0.359. The summed E-state index contributed by atoms with van der Waals surface area (Å²) in [5.74, 6) is -5.44. The van der Waals surface area contributed by atoms with Crippen molar-refractivity contribution in [3.8, 4) is 0 Å². The molecule has 3 amide bonds. The first-order valence-electron chi connectivity index (χ1n) is 9.48. The molecule has 31 heavy (non-hydrogen) atoms. The van der Waals surface area contributed by atoms with Crippen LogP contribution in [0.3, 0.4) is 0 Å². The van der Waals surface area contributed by atoms with E-state index < -0.39 is 60.8 Å². The van der Waals surface area contributed by atoms with Gasteiger partial charge in [-0.05, 0) is 18.8 Å². The standard InChI is InChI=1S/C17H31N7O7/c1-8(2)13(18)15(29)24-9(4-3-5-21-17(19)20)14(28)22-7-11(25)23-10(16(30)31)6-12(26)27/h8-10,13H,3-7,18H2,1-2H3,(H,22,28)(H,23,25)(H,24,29)(H,26,27)(H,30,31)(H4,19,20,21). The van der Waals surface area contributed by atoms with E-state index in [0.29, 0.717) is 6.42 Å². The fourth-order valence-corrected chi connectivity index (χ4v) is 2.25. The normalized spacial score (nSPS) is 13.4. The van der Waals surface area contributed by atoms with Crippen molar-refractivity contribution in [3.63, 3.8) is 0 Å². The van der Waals surface area contributed by atoms with Gasteiger partial charge in [-0.25, -0.2) is 4.79 Å². The van der Waals surface area contributed by atoms with E-state index >= 15 is 0 Å². The Bertz CT molecular complexity index is 692. The van der Waals surface area contributed by atoms with Gasteiger partial charge in [0.05, 0.1) is 19.0 Å². The number of amides is 3. The zero-order chi connectivity index (χ0) is 24.1. The van der Waals surface area contributed by atoms with E-state index in [1.807, 2.05) is 5.32 Å². The molecule has 0 aliphatic rings. The van der Waals surface area contributed by atoms with E-state index in [4.69, 9.17) is 27.4 Å². The van der Waals surface area contributed by atoms with Crippen LogP contribution in [0.2, 0.25) is 0 Å². The van der Waals surface area contributed by atoms with Crippen LogP contribution in [-0.2, 0) is 24.0 Å². The number of carbonyl (C=O) groups is 5. The van der Waals surface area contributed by atoms with Gasteiger partial charge in [0.25, 0.3) is 0 Å². The third kappa shape index (κ3) is 12.0. The van der Waals surface area contributed by atoms with E-state index in [1.54, 1.807) is 13.8 Å². The molecule has 0 aliphatic carbocycles. The predicted molar refractivity (Wildman–Crippen MR) is 109 cm³/mol. The molecule has 0 heterocycles. The van der Waals surface area contributed by atoms with Crippen molar-refractivity contribution in [3.05, 3.63) is 0 Å². The van der Waals surface area contributed by atoms with Gasteiger partial charge >= 0.3 is 11.9 Å². The van der Waals surface area contributed by atoms with E-state index in [1.165, 1.54) is 0 Å². The number of carbonyl (C=O) groups excluding carboxylic acids is 3. The Hall–Kier alpha value is -3.42. The number of hydrogen-bond donors (Lipinski definition) is 8. The summed E-state index contributed by atoms with van der Waals surface area (Å²) in [4.78, 5) is 62.0. The van der Waals surface area contributed by atoms with Crippen molar-refractivity contribution in [2.24, 2.45) is 28.1 Å². The molecule has 0 rings (SSSR count). The number of aliphatic imine (C=N–C) groups is 1. The van der Waals surface area contributed by atoms with Gasteiger partial charge in [-0.2, -0.15) is 0 Å². The van der Waals surface area contributed by atoms with Gasteiger partial charge in [0.2, 0.25) is 17.7 Å². The van der Waals surface area contributed by atoms with Crippen LogP contribution in [0.5, 0.6) is 0 Å². The topological polar surface area (TPSA) is 252 Å². The summed E-state index contributed by atoms with van der Waals surface area (Å²) in [5, 5.41) is 24.4. The molecule has 0 fully saturated rings. The van der Waals surface area contributed by atoms with Crippen LogP contribution in [-0.4, -0.2) is 77.0 Å². The molecule has 11 N–H and O–H groups in total. The SMILES string of the molecule is CC(C)C(N)C(=O)NC(CCCN=C(N)N)C(=O)NCC(=O)NC(CC(=O)O)C(=O)O. The Kier molecular flexibility index (Phi) is 12.2. The highest BCUT2D eigenvalue weighted by Gasteiger charge is 2.26. The lowest BCUT2D eigenvalue weighted by molar-refractivity contribution is -0.147. The summed E-state index contributed by atoms with van der Waals surface area (Å²) in [6, 6.07) is -3.56. The predicted octanol–water partition coefficient (Wildman–Crippen LogP) is -3.33. The third-order valence-corrected chi connectivity index (χ3v) is 4.03. The van der Waals surface area contributed by atoms with Gasteiger partial charge in [0.1, 0.15) is 12.1 Å². The minimum Gasteiger partial charge on any atom is -0.481 e. The average Bonchev–Trinajstić information content (AvgIpc) is 2.66. The molecular formula is C17H31N7O7. The van der Waals surface area contributed by atoms with Crippen LogP contribution in [0.25, 0.3) is 0 Å². The number of hydrogen-bond acceptors (Lipinski definition) is 7. The van der Waals surface area contributed by atoms with Gasteiger partial charge in [0, 0.05) is 6.54 Å². The first-order valence-corrected chi connectivity index (χ1v) is 9.48. The Labute approximate surface area is 179 Å². The minimum absolute atomic E-state index is 0.127. The maximum atomic E-state index is 12.5. The zero-order valence-electron chi connectivity index (χ0n) is 17.5. The highest BCUT2D eigenvalue weighted by molar-refractivity contribution is 5.93. The smallest absolute Gasteiger partial charge is 0.326 e. The first-order chi connectivity index (χ1) is 14.3. The van der Waals surface area contributed by atoms with Crippen molar-refractivity contribution < 1.29 is 34.2 Å². The van der Waals surface area contributed by atoms with Gasteiger partial charge in [0.15, 0.2) is 5.96 Å². The minimum atomic E-state index is -1.65. The van der Waals surface area contributed by atoms with Crippen LogP contribution in [0, 0.1) is 5.92 Å². The second-order valence-corrected chi connectivity index (χ2v) is 7.05. The third-order valence-electron chi connectivity index (χ3n) is 4.03. The molecule has 14 heteroatoms. The second-order valence-electron chi connectivity index (χ2n) is 7.05. The molecular weight excluding hydrogens is 414 g/mol. The van der Waals surface area contributed by atoms with Gasteiger partial charge in [-0.1, -0.05) is 13.8 Å². The molecule has 14 nitrogen and oxygen atoms in total. The van der Waals surface area contributed by atoms with Gasteiger partial charge in [-0.3, -0.25) is 24.2 Å². The maximum absolute atomic E-state index is 12.5. The monoisotopic (exact) mass is 445 g/mol. The van der Waals surface area contributed by atoms with Crippen LogP contribution >= 0.6 is 0 Å². The lowest BCUT2D eigenvalue weighted by Gasteiger charge is -2.22. The highest BCUT2D eigenvalue weighted by atomic mass is 16.4. The van der Waals surface area contributed by atoms with E-state index in [9.17, 15) is 24.0 Å². The van der Waals surface area contributed by atoms with Crippen LogP contribution in [0.15, 0.2) is 4.99 Å². The number of nitrogens with two attached hydrogens (primary N) is 3. The molecule has 176 valence electrons. The quantitative estimate of drug-likeness (QED) is 0.0749. The highest BCUT2D eigenvalue weighted by Crippen LogP contribution is 2.03. The maximum Gasteiger partial charge on any atom is 0.326 e. The molecule has 0 spiro atoms. The van der Waals surface area contributed by atoms with E-state index in [-0.39, 0.29) is 24.8 Å². The number of guanidine groups is 1. The molecule has 0 saturated heterocycles. The molecule has 0 radical (unpaired) electrons. The Morgan fingerprint density at radius 3 is 2.06 bits per heavy atom. The number of nitrogens with zero attached hydrogens (tertiary/aromatic N) is 1.